The molecule has 0 aliphatic heterocycles. The smallest absolute Gasteiger partial charge is 0.460 e. The molecule has 1 heterocycles. The molecule has 0 saturated heterocycles. The monoisotopic (exact) mass is 714 g/mol. The van der Waals surface area contributed by atoms with Crippen LogP contribution >= 0.6 is 0 Å². The van der Waals surface area contributed by atoms with Gasteiger partial charge in [0.2, 0.25) is 0 Å². The fourth-order valence-corrected chi connectivity index (χ4v) is 3.40. The first kappa shape index (κ1) is 39.9. The van der Waals surface area contributed by atoms with Crippen molar-refractivity contribution in [2.75, 3.05) is 13.2 Å². The van der Waals surface area contributed by atoms with Crippen LogP contribution in [0.15, 0.2) is 36.7 Å². The number of ether oxygens (including phenoxy) is 4. The van der Waals surface area contributed by atoms with Crippen molar-refractivity contribution in [2.24, 2.45) is 0 Å². The molecule has 2 aromatic rings. The Labute approximate surface area is 256 Å². The van der Waals surface area contributed by atoms with Gasteiger partial charge in [-0.15, -0.1) is 0 Å². The third-order valence-electron chi connectivity index (χ3n) is 5.90. The van der Waals surface area contributed by atoms with Gasteiger partial charge in [0.15, 0.2) is 18.2 Å². The summed E-state index contributed by atoms with van der Waals surface area (Å²) in [4.78, 5) is 8.10. The summed E-state index contributed by atoms with van der Waals surface area (Å²) in [7, 11) is 0. The van der Waals surface area contributed by atoms with Gasteiger partial charge < -0.3 is 9.47 Å². The van der Waals surface area contributed by atoms with Crippen LogP contribution in [0.2, 0.25) is 0 Å². The summed E-state index contributed by atoms with van der Waals surface area (Å²) in [5, 5.41) is 0. The summed E-state index contributed by atoms with van der Waals surface area (Å²) in [5.41, 5.74) is 0.264. The zero-order valence-electron chi connectivity index (χ0n) is 23.8. The normalized spacial score (nSPS) is 14.0. The van der Waals surface area contributed by atoms with Crippen LogP contribution < -0.4 is 9.47 Å². The molecule has 6 nitrogen and oxygen atoms in total. The van der Waals surface area contributed by atoms with Crippen molar-refractivity contribution in [1.82, 2.24) is 9.97 Å². The van der Waals surface area contributed by atoms with Crippen molar-refractivity contribution >= 4 is 0 Å². The van der Waals surface area contributed by atoms with Gasteiger partial charge in [-0.3, -0.25) is 0 Å². The number of halogens is 15. The SMILES string of the molecule is CCCCCCCCOc1cnc(-c2ccc(OCC(F)(F)OC(F)(F)C(F)(F)OC(F)(F)C(F)(F)C(F)(F)C(F)(F)F)cc2)nc1. The Kier molecular flexibility index (Phi) is 12.7. The maximum atomic E-state index is 13.9. The highest BCUT2D eigenvalue weighted by atomic mass is 19.4. The van der Waals surface area contributed by atoms with Crippen LogP contribution in [0.25, 0.3) is 11.4 Å². The summed E-state index contributed by atoms with van der Waals surface area (Å²) in [6.45, 7) is 0.160. The van der Waals surface area contributed by atoms with E-state index in [4.69, 9.17) is 4.74 Å². The minimum Gasteiger partial charge on any atom is -0.490 e. The second-order valence-corrected chi connectivity index (χ2v) is 9.71. The van der Waals surface area contributed by atoms with Crippen LogP contribution in [-0.4, -0.2) is 65.6 Å². The molecule has 268 valence electrons. The average Bonchev–Trinajstić information content (AvgIpc) is 2.94. The van der Waals surface area contributed by atoms with Crippen molar-refractivity contribution in [3.05, 3.63) is 36.7 Å². The molecule has 1 aromatic carbocycles. The summed E-state index contributed by atoms with van der Waals surface area (Å²) >= 11 is 0. The van der Waals surface area contributed by atoms with Crippen molar-refractivity contribution < 1.29 is 84.8 Å². The highest BCUT2D eigenvalue weighted by molar-refractivity contribution is 5.56. The molecule has 0 atom stereocenters. The molecular formula is C26H25F15N2O4. The van der Waals surface area contributed by atoms with E-state index in [9.17, 15) is 65.9 Å². The number of hydrogen-bond donors (Lipinski definition) is 0. The van der Waals surface area contributed by atoms with E-state index in [2.05, 4.69) is 26.4 Å². The van der Waals surface area contributed by atoms with E-state index >= 15 is 0 Å². The quantitative estimate of drug-likeness (QED) is 0.107. The van der Waals surface area contributed by atoms with Gasteiger partial charge in [-0.05, 0) is 30.7 Å². The Morgan fingerprint density at radius 3 is 1.60 bits per heavy atom. The Balaban J connectivity index is 1.98. The number of benzene rings is 1. The molecule has 2 rings (SSSR count). The number of aromatic nitrogens is 2. The molecule has 0 aliphatic rings. The van der Waals surface area contributed by atoms with Gasteiger partial charge >= 0.3 is 42.5 Å². The summed E-state index contributed by atoms with van der Waals surface area (Å²) < 4.78 is 211. The van der Waals surface area contributed by atoms with Gasteiger partial charge in [-0.25, -0.2) is 19.4 Å². The lowest BCUT2D eigenvalue weighted by Crippen LogP contribution is -2.64. The fraction of sp³-hybridized carbons (Fsp3) is 0.615. The lowest BCUT2D eigenvalue weighted by molar-refractivity contribution is -0.542. The zero-order valence-corrected chi connectivity index (χ0v) is 23.8. The Bertz CT molecular complexity index is 1260. The van der Waals surface area contributed by atoms with Crippen molar-refractivity contribution in [3.63, 3.8) is 0 Å². The van der Waals surface area contributed by atoms with Gasteiger partial charge in [-0.2, -0.15) is 65.9 Å². The van der Waals surface area contributed by atoms with Crippen LogP contribution in [-0.2, 0) is 9.47 Å². The molecule has 0 radical (unpaired) electrons. The van der Waals surface area contributed by atoms with Gasteiger partial charge in [-0.1, -0.05) is 39.0 Å². The molecule has 1 aromatic heterocycles. The lowest BCUT2D eigenvalue weighted by Gasteiger charge is -2.36. The maximum absolute atomic E-state index is 13.9. The fourth-order valence-electron chi connectivity index (χ4n) is 3.40. The molecule has 0 unspecified atom stereocenters. The third-order valence-corrected chi connectivity index (χ3v) is 5.90. The first-order valence-electron chi connectivity index (χ1n) is 13.3. The molecule has 21 heteroatoms. The van der Waals surface area contributed by atoms with Crippen LogP contribution in [0.5, 0.6) is 11.5 Å². The van der Waals surface area contributed by atoms with Crippen LogP contribution in [0, 0.1) is 0 Å². The molecular weight excluding hydrogens is 689 g/mol. The number of hydrogen-bond acceptors (Lipinski definition) is 6. The second-order valence-electron chi connectivity index (χ2n) is 9.71. The standard InChI is InChI=1S/C26H25F15N2O4/c1-2-3-4-5-6-7-12-44-18-13-42-19(43-14-18)16-8-10-17(11-9-16)45-15-20(27,28)46-25(38,39)26(40,41)47-24(36,37)22(31,32)21(29,30)23(33,34)35/h8-11,13-14H,2-7,12,15H2,1H3. The molecule has 0 spiro atoms. The zero-order chi connectivity index (χ0) is 36.0. The largest absolute Gasteiger partial charge is 0.490 e. The highest BCUT2D eigenvalue weighted by Gasteiger charge is 2.85. The molecule has 0 saturated carbocycles. The van der Waals surface area contributed by atoms with Gasteiger partial charge in [0.05, 0.1) is 19.0 Å². The predicted molar refractivity (Wildman–Crippen MR) is 130 cm³/mol. The first-order valence-corrected chi connectivity index (χ1v) is 13.3. The Morgan fingerprint density at radius 1 is 0.553 bits per heavy atom. The van der Waals surface area contributed by atoms with Gasteiger partial charge in [0, 0.05) is 5.56 Å². The number of rotatable bonds is 19. The van der Waals surface area contributed by atoms with Crippen molar-refractivity contribution in [1.29, 1.82) is 0 Å². The van der Waals surface area contributed by atoms with Crippen LogP contribution in [0.4, 0.5) is 65.9 Å². The minimum absolute atomic E-state index is 0.106. The molecule has 0 aliphatic carbocycles. The number of nitrogens with zero attached hydrogens (tertiary/aromatic N) is 2. The molecule has 0 bridgehead atoms. The van der Waals surface area contributed by atoms with Gasteiger partial charge in [0.25, 0.3) is 0 Å². The second kappa shape index (κ2) is 14.9. The number of unbranched alkanes of at least 4 members (excludes halogenated alkanes) is 5. The van der Waals surface area contributed by atoms with E-state index in [-0.39, 0.29) is 11.4 Å². The first-order chi connectivity index (χ1) is 21.4. The van der Waals surface area contributed by atoms with E-state index in [0.29, 0.717) is 12.4 Å². The summed E-state index contributed by atoms with van der Waals surface area (Å²) in [6.07, 6.45) is -26.2. The maximum Gasteiger partial charge on any atom is 0.460 e. The molecule has 47 heavy (non-hydrogen) atoms. The molecule has 0 amide bonds. The Hall–Kier alpha value is -3.23. The minimum atomic E-state index is -7.93. The van der Waals surface area contributed by atoms with Gasteiger partial charge in [0.1, 0.15) is 5.75 Å². The lowest BCUT2D eigenvalue weighted by atomic mass is 10.1. The Morgan fingerprint density at radius 2 is 1.06 bits per heavy atom. The molecule has 0 N–H and O–H groups in total. The van der Waals surface area contributed by atoms with Crippen LogP contribution in [0.3, 0.4) is 0 Å². The molecule has 0 fully saturated rings. The predicted octanol–water partition coefficient (Wildman–Crippen LogP) is 9.50. The van der Waals surface area contributed by atoms with E-state index in [1.165, 1.54) is 24.5 Å². The van der Waals surface area contributed by atoms with E-state index < -0.39 is 54.8 Å². The van der Waals surface area contributed by atoms with E-state index in [1.54, 1.807) is 4.74 Å². The van der Waals surface area contributed by atoms with Crippen molar-refractivity contribution in [3.8, 4) is 22.9 Å². The highest BCUT2D eigenvalue weighted by Crippen LogP contribution is 2.56. The topological polar surface area (TPSA) is 62.7 Å². The van der Waals surface area contributed by atoms with E-state index in [0.717, 1.165) is 50.7 Å². The van der Waals surface area contributed by atoms with Crippen molar-refractivity contribution in [2.45, 2.75) is 87.9 Å². The summed E-state index contributed by atoms with van der Waals surface area (Å²) in [6, 6.07) is 4.24. The van der Waals surface area contributed by atoms with E-state index in [1.807, 2.05) is 0 Å². The third kappa shape index (κ3) is 10.1. The summed E-state index contributed by atoms with van der Waals surface area (Å²) in [5.74, 6) is -15.8. The van der Waals surface area contributed by atoms with Crippen LogP contribution in [0.1, 0.15) is 45.4 Å². The average molecular weight is 714 g/mol. The number of alkyl halides is 15.